The van der Waals surface area contributed by atoms with Gasteiger partial charge in [0.1, 0.15) is 5.76 Å². The van der Waals surface area contributed by atoms with Crippen molar-refractivity contribution in [2.45, 2.75) is 43.8 Å². The van der Waals surface area contributed by atoms with Crippen molar-refractivity contribution >= 4 is 11.8 Å². The van der Waals surface area contributed by atoms with Gasteiger partial charge in [0.15, 0.2) is 11.0 Å². The summed E-state index contributed by atoms with van der Waals surface area (Å²) in [5.41, 5.74) is 1.02. The van der Waals surface area contributed by atoms with Crippen molar-refractivity contribution in [3.05, 3.63) is 18.1 Å². The Labute approximate surface area is 136 Å². The van der Waals surface area contributed by atoms with Crippen LogP contribution in [-0.4, -0.2) is 45.1 Å². The number of likely N-dealkylation sites (tertiary alicyclic amines) is 1. The van der Waals surface area contributed by atoms with Crippen LogP contribution in [0.2, 0.25) is 0 Å². The lowest BCUT2D eigenvalue weighted by Gasteiger charge is -2.32. The first kappa shape index (κ1) is 15.6. The van der Waals surface area contributed by atoms with E-state index in [1.165, 1.54) is 32.2 Å². The maximum absolute atomic E-state index is 5.36. The minimum atomic E-state index is 0.727. The van der Waals surface area contributed by atoms with Gasteiger partial charge in [-0.3, -0.25) is 0 Å². The zero-order chi connectivity index (χ0) is 15.5. The minimum Gasteiger partial charge on any atom is -0.469 e. The molecule has 0 saturated carbocycles. The van der Waals surface area contributed by atoms with Gasteiger partial charge in [0.25, 0.3) is 0 Å². The number of furan rings is 1. The summed E-state index contributed by atoms with van der Waals surface area (Å²) in [5, 5.41) is 9.64. The van der Waals surface area contributed by atoms with Gasteiger partial charge < -0.3 is 13.9 Å². The van der Waals surface area contributed by atoms with Crippen molar-refractivity contribution in [2.24, 2.45) is 7.05 Å². The molecule has 6 heteroatoms. The SMILES string of the molecule is Cc1occc1-c1nnc(SCCC2CCCCN2C)n1C. The van der Waals surface area contributed by atoms with Crippen LogP contribution in [0.25, 0.3) is 11.4 Å². The molecule has 120 valence electrons. The van der Waals surface area contributed by atoms with Crippen LogP contribution in [-0.2, 0) is 7.05 Å². The van der Waals surface area contributed by atoms with Crippen molar-refractivity contribution < 1.29 is 4.42 Å². The lowest BCUT2D eigenvalue weighted by atomic mass is 10.0. The molecule has 0 radical (unpaired) electrons. The van der Waals surface area contributed by atoms with E-state index in [0.29, 0.717) is 0 Å². The van der Waals surface area contributed by atoms with Gasteiger partial charge in [0.2, 0.25) is 0 Å². The molecule has 2 aromatic rings. The maximum Gasteiger partial charge on any atom is 0.191 e. The largest absolute Gasteiger partial charge is 0.469 e. The molecule has 0 aromatic carbocycles. The van der Waals surface area contributed by atoms with E-state index in [1.54, 1.807) is 18.0 Å². The van der Waals surface area contributed by atoms with Gasteiger partial charge in [0, 0.05) is 18.8 Å². The lowest BCUT2D eigenvalue weighted by molar-refractivity contribution is 0.182. The number of aromatic nitrogens is 3. The van der Waals surface area contributed by atoms with Crippen LogP contribution in [0.1, 0.15) is 31.4 Å². The number of aryl methyl sites for hydroxylation is 1. The Morgan fingerprint density at radius 3 is 2.91 bits per heavy atom. The Morgan fingerprint density at radius 1 is 1.32 bits per heavy atom. The molecule has 3 heterocycles. The van der Waals surface area contributed by atoms with Crippen molar-refractivity contribution in [2.75, 3.05) is 19.3 Å². The van der Waals surface area contributed by atoms with Gasteiger partial charge in [-0.1, -0.05) is 18.2 Å². The van der Waals surface area contributed by atoms with E-state index in [4.69, 9.17) is 4.42 Å². The third-order valence-electron chi connectivity index (χ3n) is 4.54. The highest BCUT2D eigenvalue weighted by molar-refractivity contribution is 7.99. The highest BCUT2D eigenvalue weighted by Crippen LogP contribution is 2.27. The molecule has 1 saturated heterocycles. The molecule has 0 bridgehead atoms. The van der Waals surface area contributed by atoms with Crippen molar-refractivity contribution in [3.8, 4) is 11.4 Å². The standard InChI is InChI=1S/C16H24N4OS/c1-12-14(7-10-21-12)15-17-18-16(20(15)3)22-11-8-13-6-4-5-9-19(13)2/h7,10,13H,4-6,8-9,11H2,1-3H3. The first-order valence-corrected chi connectivity index (χ1v) is 8.92. The second-order valence-corrected chi connectivity index (χ2v) is 7.09. The Bertz CT molecular complexity index is 621. The van der Waals surface area contributed by atoms with Gasteiger partial charge >= 0.3 is 0 Å². The molecule has 0 aliphatic carbocycles. The summed E-state index contributed by atoms with van der Waals surface area (Å²) in [6.07, 6.45) is 6.96. The number of hydrogen-bond acceptors (Lipinski definition) is 5. The molecule has 22 heavy (non-hydrogen) atoms. The molecule has 0 amide bonds. The Kier molecular flexibility index (Phi) is 4.88. The predicted octanol–water partition coefficient (Wildman–Crippen LogP) is 3.35. The molecular formula is C16H24N4OS. The zero-order valence-electron chi connectivity index (χ0n) is 13.6. The van der Waals surface area contributed by atoms with Crippen molar-refractivity contribution in [1.29, 1.82) is 0 Å². The minimum absolute atomic E-state index is 0.727. The van der Waals surface area contributed by atoms with Crippen LogP contribution in [0.3, 0.4) is 0 Å². The summed E-state index contributed by atoms with van der Waals surface area (Å²) in [6, 6.07) is 2.68. The molecule has 1 aliphatic rings. The van der Waals surface area contributed by atoms with E-state index >= 15 is 0 Å². The van der Waals surface area contributed by atoms with E-state index in [2.05, 4.69) is 26.7 Å². The number of piperidine rings is 1. The predicted molar refractivity (Wildman–Crippen MR) is 89.1 cm³/mol. The summed E-state index contributed by atoms with van der Waals surface area (Å²) in [5.74, 6) is 2.85. The molecule has 1 aliphatic heterocycles. The molecule has 3 rings (SSSR count). The van der Waals surface area contributed by atoms with Gasteiger partial charge in [-0.15, -0.1) is 10.2 Å². The Balaban J connectivity index is 1.60. The van der Waals surface area contributed by atoms with E-state index in [1.807, 2.05) is 20.0 Å². The average Bonchev–Trinajstić information content (AvgIpc) is 3.08. The summed E-state index contributed by atoms with van der Waals surface area (Å²) >= 11 is 1.80. The maximum atomic E-state index is 5.36. The highest BCUT2D eigenvalue weighted by Gasteiger charge is 2.19. The number of thioether (sulfide) groups is 1. The Morgan fingerprint density at radius 2 is 2.18 bits per heavy atom. The van der Waals surface area contributed by atoms with E-state index in [9.17, 15) is 0 Å². The van der Waals surface area contributed by atoms with Crippen LogP contribution < -0.4 is 0 Å². The fourth-order valence-electron chi connectivity index (χ4n) is 3.09. The topological polar surface area (TPSA) is 47.1 Å². The number of hydrogen-bond donors (Lipinski definition) is 0. The monoisotopic (exact) mass is 320 g/mol. The molecule has 1 atom stereocenters. The summed E-state index contributed by atoms with van der Waals surface area (Å²) < 4.78 is 7.42. The third-order valence-corrected chi connectivity index (χ3v) is 5.59. The highest BCUT2D eigenvalue weighted by atomic mass is 32.2. The fourth-order valence-corrected chi connectivity index (χ4v) is 4.04. The third kappa shape index (κ3) is 3.22. The molecular weight excluding hydrogens is 296 g/mol. The number of rotatable bonds is 5. The van der Waals surface area contributed by atoms with Crippen LogP contribution >= 0.6 is 11.8 Å². The van der Waals surface area contributed by atoms with Crippen LogP contribution in [0.15, 0.2) is 21.9 Å². The summed E-state index contributed by atoms with van der Waals surface area (Å²) in [4.78, 5) is 2.50. The first-order valence-electron chi connectivity index (χ1n) is 7.93. The normalized spacial score (nSPS) is 19.7. The molecule has 5 nitrogen and oxygen atoms in total. The van der Waals surface area contributed by atoms with Crippen LogP contribution in [0.5, 0.6) is 0 Å². The summed E-state index contributed by atoms with van der Waals surface area (Å²) in [7, 11) is 4.27. The van der Waals surface area contributed by atoms with Gasteiger partial charge in [-0.05, 0) is 45.8 Å². The molecule has 1 fully saturated rings. The van der Waals surface area contributed by atoms with Gasteiger partial charge in [0.05, 0.1) is 11.8 Å². The molecule has 0 N–H and O–H groups in total. The second kappa shape index (κ2) is 6.87. The van der Waals surface area contributed by atoms with Crippen molar-refractivity contribution in [3.63, 3.8) is 0 Å². The Hall–Kier alpha value is -1.27. The first-order chi connectivity index (χ1) is 10.7. The number of nitrogens with zero attached hydrogens (tertiary/aromatic N) is 4. The smallest absolute Gasteiger partial charge is 0.191 e. The van der Waals surface area contributed by atoms with E-state index in [-0.39, 0.29) is 0 Å². The van der Waals surface area contributed by atoms with Gasteiger partial charge in [-0.2, -0.15) is 0 Å². The average molecular weight is 320 g/mol. The fraction of sp³-hybridized carbons (Fsp3) is 0.625. The molecule has 0 spiro atoms. The second-order valence-electron chi connectivity index (χ2n) is 6.02. The lowest BCUT2D eigenvalue weighted by Crippen LogP contribution is -2.36. The summed E-state index contributed by atoms with van der Waals surface area (Å²) in [6.45, 7) is 3.19. The van der Waals surface area contributed by atoms with Crippen LogP contribution in [0, 0.1) is 6.92 Å². The molecule has 1 unspecified atom stereocenters. The van der Waals surface area contributed by atoms with Crippen LogP contribution in [0.4, 0.5) is 0 Å². The van der Waals surface area contributed by atoms with E-state index < -0.39 is 0 Å². The quantitative estimate of drug-likeness (QED) is 0.791. The van der Waals surface area contributed by atoms with E-state index in [0.717, 1.165) is 34.1 Å². The van der Waals surface area contributed by atoms with Crippen molar-refractivity contribution in [1.82, 2.24) is 19.7 Å². The van der Waals surface area contributed by atoms with Gasteiger partial charge in [-0.25, -0.2) is 0 Å². The molecule has 2 aromatic heterocycles. The zero-order valence-corrected chi connectivity index (χ0v) is 14.4.